The van der Waals surface area contributed by atoms with Crippen LogP contribution in [0.2, 0.25) is 0 Å². The van der Waals surface area contributed by atoms with Crippen LogP contribution in [0.3, 0.4) is 0 Å². The highest BCUT2D eigenvalue weighted by atomic mass is 16.3. The number of aliphatic hydroxyl groups excluding tert-OH is 2. The first kappa shape index (κ1) is 8.62. The van der Waals surface area contributed by atoms with Crippen LogP contribution in [0.15, 0.2) is 12.7 Å². The molecule has 0 rings (SSSR count). The number of nitrogens with two attached hydrogens (primary N) is 1. The Bertz CT molecular complexity index is 85.1. The summed E-state index contributed by atoms with van der Waals surface area (Å²) in [5.74, 6) is 0. The normalized spacial score (nSPS) is 16.8. The lowest BCUT2D eigenvalue weighted by molar-refractivity contribution is 0.0451. The average molecular weight is 131 g/mol. The Morgan fingerprint density at radius 2 is 2.11 bits per heavy atom. The minimum absolute atomic E-state index is 0.381. The van der Waals surface area contributed by atoms with Gasteiger partial charge in [-0.25, -0.2) is 0 Å². The van der Waals surface area contributed by atoms with E-state index in [1.165, 1.54) is 6.08 Å². The maximum absolute atomic E-state index is 8.92. The molecule has 0 aromatic carbocycles. The predicted molar refractivity (Wildman–Crippen MR) is 35.9 cm³/mol. The third kappa shape index (κ3) is 3.24. The lowest BCUT2D eigenvalue weighted by Crippen LogP contribution is -2.26. The summed E-state index contributed by atoms with van der Waals surface area (Å²) in [4.78, 5) is 0. The highest BCUT2D eigenvalue weighted by Crippen LogP contribution is 1.97. The summed E-state index contributed by atoms with van der Waals surface area (Å²) in [6, 6.07) is 0. The molecule has 3 nitrogen and oxygen atoms in total. The molecular weight excluding hydrogens is 118 g/mol. The first-order valence-corrected chi connectivity index (χ1v) is 2.91. The average Bonchev–Trinajstić information content (AvgIpc) is 1.87. The van der Waals surface area contributed by atoms with Gasteiger partial charge in [0.2, 0.25) is 0 Å². The number of hydrogen-bond donors (Lipinski definition) is 3. The van der Waals surface area contributed by atoms with Gasteiger partial charge in [-0.1, -0.05) is 6.08 Å². The Balaban J connectivity index is 3.44. The highest BCUT2D eigenvalue weighted by molar-refractivity contribution is 4.83. The maximum Gasteiger partial charge on any atom is 0.0977 e. The zero-order valence-electron chi connectivity index (χ0n) is 5.33. The van der Waals surface area contributed by atoms with E-state index in [0.717, 1.165) is 0 Å². The Kier molecular flexibility index (Phi) is 4.30. The van der Waals surface area contributed by atoms with E-state index in [4.69, 9.17) is 15.9 Å². The Morgan fingerprint density at radius 1 is 1.56 bits per heavy atom. The van der Waals surface area contributed by atoms with Crippen LogP contribution < -0.4 is 5.73 Å². The molecule has 0 saturated heterocycles. The van der Waals surface area contributed by atoms with Gasteiger partial charge in [-0.15, -0.1) is 6.58 Å². The highest BCUT2D eigenvalue weighted by Gasteiger charge is 2.09. The van der Waals surface area contributed by atoms with E-state index in [0.29, 0.717) is 13.0 Å². The van der Waals surface area contributed by atoms with Crippen molar-refractivity contribution in [3.05, 3.63) is 12.7 Å². The minimum Gasteiger partial charge on any atom is -0.390 e. The van der Waals surface area contributed by atoms with E-state index in [1.807, 2.05) is 0 Å². The van der Waals surface area contributed by atoms with Gasteiger partial charge in [0.05, 0.1) is 12.2 Å². The van der Waals surface area contributed by atoms with Crippen LogP contribution in [0.1, 0.15) is 6.42 Å². The van der Waals surface area contributed by atoms with Crippen LogP contribution in [0.25, 0.3) is 0 Å². The second kappa shape index (κ2) is 4.49. The molecule has 0 unspecified atom stereocenters. The predicted octanol–water partition coefficient (Wildman–Crippen LogP) is -0.757. The van der Waals surface area contributed by atoms with Gasteiger partial charge in [-0.2, -0.15) is 0 Å². The first-order valence-electron chi connectivity index (χ1n) is 2.91. The molecule has 9 heavy (non-hydrogen) atoms. The molecule has 0 saturated carbocycles. The Morgan fingerprint density at radius 3 is 2.44 bits per heavy atom. The monoisotopic (exact) mass is 131 g/mol. The van der Waals surface area contributed by atoms with E-state index in [9.17, 15) is 0 Å². The molecule has 0 heterocycles. The lowest BCUT2D eigenvalue weighted by atomic mass is 10.1. The number of hydrogen-bond acceptors (Lipinski definition) is 3. The Labute approximate surface area is 54.8 Å². The van der Waals surface area contributed by atoms with Crippen molar-refractivity contribution in [1.29, 1.82) is 0 Å². The first-order chi connectivity index (χ1) is 4.22. The van der Waals surface area contributed by atoms with Crippen molar-refractivity contribution in [3.63, 3.8) is 0 Å². The van der Waals surface area contributed by atoms with Gasteiger partial charge in [0.1, 0.15) is 0 Å². The topological polar surface area (TPSA) is 66.5 Å². The van der Waals surface area contributed by atoms with E-state index < -0.39 is 12.2 Å². The second-order valence-electron chi connectivity index (χ2n) is 1.87. The van der Waals surface area contributed by atoms with Gasteiger partial charge in [0.25, 0.3) is 0 Å². The molecular formula is C6H13NO2. The van der Waals surface area contributed by atoms with Gasteiger partial charge >= 0.3 is 0 Å². The van der Waals surface area contributed by atoms with E-state index in [2.05, 4.69) is 6.58 Å². The SMILES string of the molecule is C=C[C@H](O)[C@H](O)CCN. The van der Waals surface area contributed by atoms with E-state index in [1.54, 1.807) is 0 Å². The molecule has 0 amide bonds. The summed E-state index contributed by atoms with van der Waals surface area (Å²) >= 11 is 0. The third-order valence-electron chi connectivity index (χ3n) is 1.10. The fourth-order valence-corrected chi connectivity index (χ4v) is 0.499. The van der Waals surface area contributed by atoms with Crippen molar-refractivity contribution in [1.82, 2.24) is 0 Å². The van der Waals surface area contributed by atoms with Crippen molar-refractivity contribution < 1.29 is 10.2 Å². The Hall–Kier alpha value is -0.380. The fraction of sp³-hybridized carbons (Fsp3) is 0.667. The molecule has 0 aromatic rings. The zero-order chi connectivity index (χ0) is 7.28. The molecule has 0 aliphatic carbocycles. The smallest absolute Gasteiger partial charge is 0.0977 e. The molecule has 0 aliphatic heterocycles. The fourth-order valence-electron chi connectivity index (χ4n) is 0.499. The molecule has 4 N–H and O–H groups in total. The zero-order valence-corrected chi connectivity index (χ0v) is 5.33. The maximum atomic E-state index is 8.92. The van der Waals surface area contributed by atoms with Crippen molar-refractivity contribution in [2.75, 3.05) is 6.54 Å². The summed E-state index contributed by atoms with van der Waals surface area (Å²) in [6.45, 7) is 3.69. The van der Waals surface area contributed by atoms with Crippen molar-refractivity contribution in [2.24, 2.45) is 5.73 Å². The lowest BCUT2D eigenvalue weighted by Gasteiger charge is -2.11. The van der Waals surface area contributed by atoms with E-state index >= 15 is 0 Å². The summed E-state index contributed by atoms with van der Waals surface area (Å²) in [6.07, 6.45) is 0.106. The van der Waals surface area contributed by atoms with Crippen LogP contribution in [0.4, 0.5) is 0 Å². The van der Waals surface area contributed by atoms with Crippen LogP contribution in [-0.4, -0.2) is 29.0 Å². The molecule has 54 valence electrons. The van der Waals surface area contributed by atoms with Gasteiger partial charge in [0, 0.05) is 0 Å². The second-order valence-corrected chi connectivity index (χ2v) is 1.87. The summed E-state index contributed by atoms with van der Waals surface area (Å²) < 4.78 is 0. The summed E-state index contributed by atoms with van der Waals surface area (Å²) in [7, 11) is 0. The third-order valence-corrected chi connectivity index (χ3v) is 1.10. The molecule has 0 fully saturated rings. The van der Waals surface area contributed by atoms with Crippen LogP contribution in [-0.2, 0) is 0 Å². The molecule has 0 aromatic heterocycles. The van der Waals surface area contributed by atoms with Gasteiger partial charge < -0.3 is 15.9 Å². The van der Waals surface area contributed by atoms with Gasteiger partial charge in [-0.3, -0.25) is 0 Å². The van der Waals surface area contributed by atoms with Gasteiger partial charge in [-0.05, 0) is 13.0 Å². The summed E-state index contributed by atoms with van der Waals surface area (Å²) in [5.41, 5.74) is 5.12. The molecule has 0 spiro atoms. The van der Waals surface area contributed by atoms with Crippen molar-refractivity contribution in [3.8, 4) is 0 Å². The van der Waals surface area contributed by atoms with Crippen LogP contribution >= 0.6 is 0 Å². The quantitative estimate of drug-likeness (QED) is 0.439. The standard InChI is InChI=1S/C6H13NO2/c1-2-5(8)6(9)3-4-7/h2,5-6,8-9H,1,3-4,7H2/t5-,6+/m0/s1. The van der Waals surface area contributed by atoms with Gasteiger partial charge in [0.15, 0.2) is 0 Å². The minimum atomic E-state index is -0.839. The molecule has 3 heteroatoms. The molecule has 0 radical (unpaired) electrons. The molecule has 2 atom stereocenters. The number of rotatable bonds is 4. The van der Waals surface area contributed by atoms with Crippen molar-refractivity contribution in [2.45, 2.75) is 18.6 Å². The van der Waals surface area contributed by atoms with Crippen LogP contribution in [0.5, 0.6) is 0 Å². The van der Waals surface area contributed by atoms with Crippen molar-refractivity contribution >= 4 is 0 Å². The largest absolute Gasteiger partial charge is 0.390 e. The summed E-state index contributed by atoms with van der Waals surface area (Å²) in [5, 5.41) is 17.8. The van der Waals surface area contributed by atoms with E-state index in [-0.39, 0.29) is 0 Å². The molecule has 0 aliphatic rings. The van der Waals surface area contributed by atoms with Crippen LogP contribution in [0, 0.1) is 0 Å². The number of aliphatic hydroxyl groups is 2. The molecule has 0 bridgehead atoms.